The van der Waals surface area contributed by atoms with Crippen LogP contribution in [-0.2, 0) is 19.1 Å². The van der Waals surface area contributed by atoms with Crippen LogP contribution in [0.3, 0.4) is 0 Å². The molecule has 0 aromatic heterocycles. The van der Waals surface area contributed by atoms with E-state index in [0.29, 0.717) is 48.0 Å². The van der Waals surface area contributed by atoms with Crippen LogP contribution in [0.15, 0.2) is 48.5 Å². The molecule has 214 valence electrons. The second kappa shape index (κ2) is 11.0. The number of halogens is 1. The third-order valence-corrected chi connectivity index (χ3v) is 9.05. The van der Waals surface area contributed by atoms with Gasteiger partial charge in [0.25, 0.3) is 0 Å². The third kappa shape index (κ3) is 4.63. The smallest absolute Gasteiger partial charge is 0.250 e. The van der Waals surface area contributed by atoms with Gasteiger partial charge in [0.05, 0.1) is 34.8 Å². The number of hydrogen-bond donors (Lipinski definition) is 3. The van der Waals surface area contributed by atoms with E-state index < -0.39 is 35.0 Å². The minimum absolute atomic E-state index is 0.0220. The quantitative estimate of drug-likeness (QED) is 0.371. The molecule has 3 heterocycles. The molecule has 2 bridgehead atoms. The zero-order chi connectivity index (χ0) is 28.7. The Morgan fingerprint density at radius 1 is 1.12 bits per heavy atom. The normalized spacial score (nSPS) is 30.3. The lowest BCUT2D eigenvalue weighted by atomic mass is 9.62. The van der Waals surface area contributed by atoms with Crippen molar-refractivity contribution in [3.8, 4) is 5.75 Å². The summed E-state index contributed by atoms with van der Waals surface area (Å²) >= 11 is 6.33. The SMILES string of the molecule is CCOc1ccc(NC(=O)[C@@H]2[C@H]3C(=O)N(CCCCO)C(C(=O)Nc4ccccc4Cl)C34CC(C)[C@@]2(C)O4)cc1. The number of carbonyl (C=O) groups excluding carboxylic acids is 3. The molecule has 3 saturated heterocycles. The van der Waals surface area contributed by atoms with Crippen LogP contribution >= 0.6 is 11.6 Å². The Hall–Kier alpha value is -3.14. The van der Waals surface area contributed by atoms with E-state index >= 15 is 0 Å². The summed E-state index contributed by atoms with van der Waals surface area (Å²) in [6.45, 7) is 6.55. The molecule has 2 aromatic carbocycles. The Morgan fingerprint density at radius 3 is 2.52 bits per heavy atom. The van der Waals surface area contributed by atoms with Gasteiger partial charge in [-0.05, 0) is 75.4 Å². The predicted molar refractivity (Wildman–Crippen MR) is 151 cm³/mol. The minimum Gasteiger partial charge on any atom is -0.494 e. The van der Waals surface area contributed by atoms with Gasteiger partial charge in [0.2, 0.25) is 17.7 Å². The number of aliphatic hydroxyl groups excluding tert-OH is 1. The van der Waals surface area contributed by atoms with E-state index in [-0.39, 0.29) is 30.9 Å². The largest absolute Gasteiger partial charge is 0.494 e. The van der Waals surface area contributed by atoms with Crippen LogP contribution in [0.1, 0.15) is 40.0 Å². The Balaban J connectivity index is 1.48. The number of nitrogens with one attached hydrogen (secondary N) is 2. The van der Waals surface area contributed by atoms with Gasteiger partial charge in [0, 0.05) is 18.8 Å². The third-order valence-electron chi connectivity index (χ3n) is 8.72. The number of hydrogen-bond acceptors (Lipinski definition) is 6. The summed E-state index contributed by atoms with van der Waals surface area (Å²) in [5.74, 6) is -2.01. The fourth-order valence-electron chi connectivity index (χ4n) is 6.86. The van der Waals surface area contributed by atoms with Crippen molar-refractivity contribution in [1.29, 1.82) is 0 Å². The molecule has 3 N–H and O–H groups in total. The van der Waals surface area contributed by atoms with Crippen molar-refractivity contribution in [3.63, 3.8) is 0 Å². The number of nitrogens with zero attached hydrogens (tertiary/aromatic N) is 1. The zero-order valence-corrected chi connectivity index (χ0v) is 23.7. The van der Waals surface area contributed by atoms with Crippen molar-refractivity contribution >= 4 is 40.7 Å². The first-order valence-electron chi connectivity index (χ1n) is 13.9. The van der Waals surface area contributed by atoms with Gasteiger partial charge in [0.15, 0.2) is 0 Å². The zero-order valence-electron chi connectivity index (χ0n) is 23.0. The second-order valence-corrected chi connectivity index (χ2v) is 11.5. The molecule has 0 saturated carbocycles. The van der Waals surface area contributed by atoms with Crippen LogP contribution in [0.25, 0.3) is 0 Å². The molecule has 2 aromatic rings. The first-order chi connectivity index (χ1) is 19.2. The van der Waals surface area contributed by atoms with Crippen molar-refractivity contribution in [2.45, 2.75) is 57.3 Å². The van der Waals surface area contributed by atoms with Crippen LogP contribution in [0, 0.1) is 17.8 Å². The van der Waals surface area contributed by atoms with Crippen molar-refractivity contribution in [3.05, 3.63) is 53.6 Å². The Morgan fingerprint density at radius 2 is 1.85 bits per heavy atom. The van der Waals surface area contributed by atoms with Crippen molar-refractivity contribution in [1.82, 2.24) is 4.90 Å². The number of para-hydroxylation sites is 1. The molecule has 3 amide bonds. The van der Waals surface area contributed by atoms with E-state index in [1.54, 1.807) is 53.4 Å². The lowest BCUT2D eigenvalue weighted by molar-refractivity contribution is -0.144. The summed E-state index contributed by atoms with van der Waals surface area (Å²) < 4.78 is 12.2. The van der Waals surface area contributed by atoms with Gasteiger partial charge in [-0.1, -0.05) is 30.7 Å². The van der Waals surface area contributed by atoms with Crippen LogP contribution in [0.2, 0.25) is 5.02 Å². The maximum Gasteiger partial charge on any atom is 0.250 e. The predicted octanol–water partition coefficient (Wildman–Crippen LogP) is 4.10. The van der Waals surface area contributed by atoms with Crippen LogP contribution < -0.4 is 15.4 Å². The molecule has 3 aliphatic rings. The number of aliphatic hydroxyl groups is 1. The lowest BCUT2D eigenvalue weighted by Crippen LogP contribution is -2.54. The van der Waals surface area contributed by atoms with Crippen molar-refractivity contribution in [2.75, 3.05) is 30.4 Å². The highest BCUT2D eigenvalue weighted by molar-refractivity contribution is 6.33. The van der Waals surface area contributed by atoms with E-state index in [4.69, 9.17) is 21.1 Å². The fourth-order valence-corrected chi connectivity index (χ4v) is 7.04. The molecule has 0 radical (unpaired) electrons. The summed E-state index contributed by atoms with van der Waals surface area (Å²) in [4.78, 5) is 43.5. The number of rotatable bonds is 10. The molecular weight excluding hydrogens is 534 g/mol. The van der Waals surface area contributed by atoms with E-state index in [1.807, 2.05) is 20.8 Å². The standard InChI is InChI=1S/C30H36ClN3O6/c1-4-39-20-13-11-19(12-14-20)32-26(36)23-24-28(38)34(15-7-8-16-35)25(30(24)17-18(2)29(23,3)40-30)27(37)33-22-10-6-5-9-21(22)31/h5-6,9-14,18,23-25,35H,4,7-8,15-17H2,1-3H3,(H,32,36)(H,33,37)/t18?,23-,24-,25?,29+,30?/m0/s1. The number of ether oxygens (including phenoxy) is 2. The topological polar surface area (TPSA) is 117 Å². The molecule has 1 spiro atoms. The number of amides is 3. The molecule has 3 fully saturated rings. The molecule has 40 heavy (non-hydrogen) atoms. The summed E-state index contributed by atoms with van der Waals surface area (Å²) in [5, 5.41) is 15.6. The molecule has 3 aliphatic heterocycles. The van der Waals surface area contributed by atoms with Crippen molar-refractivity contribution < 1.29 is 29.0 Å². The highest BCUT2D eigenvalue weighted by atomic mass is 35.5. The van der Waals surface area contributed by atoms with Crippen LogP contribution in [-0.4, -0.2) is 64.7 Å². The van der Waals surface area contributed by atoms with Gasteiger partial charge in [0.1, 0.15) is 17.4 Å². The van der Waals surface area contributed by atoms with E-state index in [1.165, 1.54) is 0 Å². The number of carbonyl (C=O) groups is 3. The monoisotopic (exact) mass is 569 g/mol. The number of benzene rings is 2. The van der Waals surface area contributed by atoms with Gasteiger partial charge >= 0.3 is 0 Å². The first kappa shape index (κ1) is 28.4. The van der Waals surface area contributed by atoms with E-state index in [2.05, 4.69) is 10.6 Å². The van der Waals surface area contributed by atoms with Crippen LogP contribution in [0.4, 0.5) is 11.4 Å². The molecule has 10 heteroatoms. The van der Waals surface area contributed by atoms with Crippen LogP contribution in [0.5, 0.6) is 5.75 Å². The van der Waals surface area contributed by atoms with Gasteiger partial charge in [-0.15, -0.1) is 0 Å². The summed E-state index contributed by atoms with van der Waals surface area (Å²) in [5.41, 5.74) is -1.08. The average Bonchev–Trinajstić information content (AvgIpc) is 3.43. The minimum atomic E-state index is -1.17. The fraction of sp³-hybridized carbons (Fsp3) is 0.500. The van der Waals surface area contributed by atoms with Gasteiger partial charge in [-0.25, -0.2) is 0 Å². The molecule has 0 aliphatic carbocycles. The van der Waals surface area contributed by atoms with Gasteiger partial charge in [-0.3, -0.25) is 14.4 Å². The number of unbranched alkanes of at least 4 members (excludes halogenated alkanes) is 1. The Kier molecular flexibility index (Phi) is 7.83. The summed E-state index contributed by atoms with van der Waals surface area (Å²) in [7, 11) is 0. The van der Waals surface area contributed by atoms with E-state index in [0.717, 1.165) is 0 Å². The molecule has 9 nitrogen and oxygen atoms in total. The summed E-state index contributed by atoms with van der Waals surface area (Å²) in [6, 6.07) is 13.0. The lowest BCUT2D eigenvalue weighted by Gasteiger charge is -2.36. The number of likely N-dealkylation sites (tertiary alicyclic amines) is 1. The Labute approximate surface area is 239 Å². The average molecular weight is 570 g/mol. The highest BCUT2D eigenvalue weighted by Crippen LogP contribution is 2.65. The van der Waals surface area contributed by atoms with Gasteiger partial charge in [-0.2, -0.15) is 0 Å². The summed E-state index contributed by atoms with van der Waals surface area (Å²) in [6.07, 6.45) is 1.46. The number of fused-ring (bicyclic) bond motifs is 1. The molecular formula is C30H36ClN3O6. The Bertz CT molecular complexity index is 1290. The maximum absolute atomic E-state index is 14.1. The highest BCUT2D eigenvalue weighted by Gasteiger charge is 2.79. The molecule has 3 unspecified atom stereocenters. The molecule has 5 rings (SSSR count). The van der Waals surface area contributed by atoms with E-state index in [9.17, 15) is 19.5 Å². The van der Waals surface area contributed by atoms with Crippen molar-refractivity contribution in [2.24, 2.45) is 17.8 Å². The number of anilines is 2. The maximum atomic E-state index is 14.1. The first-order valence-corrected chi connectivity index (χ1v) is 14.2. The van der Waals surface area contributed by atoms with Gasteiger partial charge < -0.3 is 30.1 Å². The second-order valence-electron chi connectivity index (χ2n) is 11.1. The molecule has 6 atom stereocenters.